The van der Waals surface area contributed by atoms with E-state index >= 15 is 0 Å². The lowest BCUT2D eigenvalue weighted by atomic mass is 10.1. The van der Waals surface area contributed by atoms with Crippen molar-refractivity contribution in [1.82, 2.24) is 0 Å². The first-order valence-electron chi connectivity index (χ1n) is 6.39. The molecule has 1 aliphatic rings. The molecule has 0 amide bonds. The fraction of sp³-hybridized carbons (Fsp3) is 0.571. The van der Waals surface area contributed by atoms with Gasteiger partial charge in [-0.2, -0.15) is 0 Å². The molecule has 1 fully saturated rings. The van der Waals surface area contributed by atoms with Crippen LogP contribution < -0.4 is 10.6 Å². The number of rotatable bonds is 1. The Hall–Kier alpha value is -1.18. The van der Waals surface area contributed by atoms with Crippen molar-refractivity contribution >= 4 is 11.4 Å². The minimum absolute atomic E-state index is 0.931. The van der Waals surface area contributed by atoms with Gasteiger partial charge in [0, 0.05) is 13.1 Å². The monoisotopic (exact) mass is 218 g/mol. The van der Waals surface area contributed by atoms with Gasteiger partial charge in [0.1, 0.15) is 0 Å². The van der Waals surface area contributed by atoms with Crippen molar-refractivity contribution in [2.75, 3.05) is 23.7 Å². The highest BCUT2D eigenvalue weighted by atomic mass is 15.1. The number of hydrogen-bond donors (Lipinski definition) is 1. The van der Waals surface area contributed by atoms with Crippen LogP contribution in [0.2, 0.25) is 0 Å². The van der Waals surface area contributed by atoms with Crippen molar-refractivity contribution < 1.29 is 0 Å². The van der Waals surface area contributed by atoms with Crippen LogP contribution in [0.25, 0.3) is 0 Å². The lowest BCUT2D eigenvalue weighted by Crippen LogP contribution is -2.28. The van der Waals surface area contributed by atoms with E-state index in [0.29, 0.717) is 0 Å². The average molecular weight is 218 g/mol. The van der Waals surface area contributed by atoms with Crippen LogP contribution in [-0.4, -0.2) is 13.1 Å². The van der Waals surface area contributed by atoms with Gasteiger partial charge in [-0.25, -0.2) is 0 Å². The van der Waals surface area contributed by atoms with Gasteiger partial charge in [-0.3, -0.25) is 0 Å². The van der Waals surface area contributed by atoms with Crippen LogP contribution in [0.4, 0.5) is 11.4 Å². The third kappa shape index (κ3) is 2.49. The molecule has 88 valence electrons. The second kappa shape index (κ2) is 5.24. The molecule has 2 nitrogen and oxygen atoms in total. The summed E-state index contributed by atoms with van der Waals surface area (Å²) in [6.45, 7) is 4.48. The molecule has 1 aromatic rings. The van der Waals surface area contributed by atoms with Crippen molar-refractivity contribution in [1.29, 1.82) is 0 Å². The molecular formula is C14H22N2. The largest absolute Gasteiger partial charge is 0.397 e. The van der Waals surface area contributed by atoms with Crippen molar-refractivity contribution in [3.05, 3.63) is 23.8 Å². The molecular weight excluding hydrogens is 196 g/mol. The van der Waals surface area contributed by atoms with Crippen LogP contribution in [0.1, 0.15) is 37.7 Å². The van der Waals surface area contributed by atoms with Crippen molar-refractivity contribution in [2.45, 2.75) is 39.0 Å². The zero-order valence-corrected chi connectivity index (χ0v) is 10.2. The normalized spacial score (nSPS) is 17.9. The van der Waals surface area contributed by atoms with Crippen molar-refractivity contribution in [2.24, 2.45) is 0 Å². The molecule has 0 radical (unpaired) electrons. The van der Waals surface area contributed by atoms with Gasteiger partial charge in [0.25, 0.3) is 0 Å². The molecule has 0 bridgehead atoms. The van der Waals surface area contributed by atoms with E-state index in [1.807, 2.05) is 12.1 Å². The molecule has 1 aliphatic heterocycles. The second-order valence-electron chi connectivity index (χ2n) is 4.77. The summed E-state index contributed by atoms with van der Waals surface area (Å²) in [7, 11) is 0. The quantitative estimate of drug-likeness (QED) is 0.732. The SMILES string of the molecule is Cc1cccc(N)c1N1CCCCCCC1. The summed E-state index contributed by atoms with van der Waals surface area (Å²) in [6.07, 6.45) is 6.73. The Bertz CT molecular complexity index is 318. The number of aryl methyl sites for hydroxylation is 1. The van der Waals surface area contributed by atoms with Gasteiger partial charge in [-0.1, -0.05) is 31.4 Å². The van der Waals surface area contributed by atoms with Crippen LogP contribution in [0.3, 0.4) is 0 Å². The first-order valence-corrected chi connectivity index (χ1v) is 6.39. The number of para-hydroxylation sites is 1. The molecule has 1 saturated heterocycles. The van der Waals surface area contributed by atoms with Crippen molar-refractivity contribution in [3.8, 4) is 0 Å². The lowest BCUT2D eigenvalue weighted by molar-refractivity contribution is 0.556. The Balaban J connectivity index is 2.20. The van der Waals surface area contributed by atoms with Crippen molar-refractivity contribution in [3.63, 3.8) is 0 Å². The summed E-state index contributed by atoms with van der Waals surface area (Å²) in [5.41, 5.74) is 9.61. The number of nitrogens with two attached hydrogens (primary N) is 1. The first-order chi connectivity index (χ1) is 7.79. The maximum atomic E-state index is 6.10. The molecule has 0 spiro atoms. The minimum Gasteiger partial charge on any atom is -0.397 e. The standard InChI is InChI=1S/C14H22N2/c1-12-8-7-9-13(15)14(12)16-10-5-3-2-4-6-11-16/h7-9H,2-6,10-11,15H2,1H3. The predicted molar refractivity (Wildman–Crippen MR) is 70.9 cm³/mol. The number of anilines is 2. The zero-order chi connectivity index (χ0) is 11.4. The van der Waals surface area contributed by atoms with E-state index < -0.39 is 0 Å². The van der Waals surface area contributed by atoms with Gasteiger partial charge in [-0.15, -0.1) is 0 Å². The van der Waals surface area contributed by atoms with Crippen LogP contribution in [0, 0.1) is 6.92 Å². The topological polar surface area (TPSA) is 29.3 Å². The highest BCUT2D eigenvalue weighted by Crippen LogP contribution is 2.28. The molecule has 1 heterocycles. The number of hydrogen-bond acceptors (Lipinski definition) is 2. The Morgan fingerprint density at radius 2 is 1.62 bits per heavy atom. The van der Waals surface area contributed by atoms with E-state index in [1.165, 1.54) is 43.4 Å². The van der Waals surface area contributed by atoms with Gasteiger partial charge in [0.05, 0.1) is 11.4 Å². The summed E-state index contributed by atoms with van der Waals surface area (Å²) in [5.74, 6) is 0. The van der Waals surface area contributed by atoms with E-state index in [0.717, 1.165) is 18.8 Å². The Morgan fingerprint density at radius 1 is 1.00 bits per heavy atom. The first kappa shape index (κ1) is 11.3. The van der Waals surface area contributed by atoms with Gasteiger partial charge in [0.2, 0.25) is 0 Å². The maximum absolute atomic E-state index is 6.10. The molecule has 0 aliphatic carbocycles. The van der Waals surface area contributed by atoms with Gasteiger partial charge in [0.15, 0.2) is 0 Å². The molecule has 0 atom stereocenters. The Morgan fingerprint density at radius 3 is 2.25 bits per heavy atom. The molecule has 2 heteroatoms. The van der Waals surface area contributed by atoms with Gasteiger partial charge in [-0.05, 0) is 31.4 Å². The molecule has 2 N–H and O–H groups in total. The molecule has 0 saturated carbocycles. The Kier molecular flexibility index (Phi) is 3.70. The summed E-state index contributed by atoms with van der Waals surface area (Å²) in [6, 6.07) is 6.21. The van der Waals surface area contributed by atoms with E-state index in [4.69, 9.17) is 5.73 Å². The number of benzene rings is 1. The van der Waals surface area contributed by atoms with E-state index in [9.17, 15) is 0 Å². The smallest absolute Gasteiger partial charge is 0.0629 e. The molecule has 16 heavy (non-hydrogen) atoms. The summed E-state index contributed by atoms with van der Waals surface area (Å²) in [5, 5.41) is 0. The van der Waals surface area contributed by atoms with E-state index in [1.54, 1.807) is 0 Å². The third-order valence-corrected chi connectivity index (χ3v) is 3.44. The zero-order valence-electron chi connectivity index (χ0n) is 10.2. The van der Waals surface area contributed by atoms with E-state index in [-0.39, 0.29) is 0 Å². The molecule has 0 aromatic heterocycles. The summed E-state index contributed by atoms with van der Waals surface area (Å²) < 4.78 is 0. The van der Waals surface area contributed by atoms with E-state index in [2.05, 4.69) is 17.9 Å². The lowest BCUT2D eigenvalue weighted by Gasteiger charge is -2.29. The number of nitrogen functional groups attached to an aromatic ring is 1. The minimum atomic E-state index is 0.931. The van der Waals surface area contributed by atoms with Gasteiger partial charge >= 0.3 is 0 Å². The molecule has 0 unspecified atom stereocenters. The maximum Gasteiger partial charge on any atom is 0.0629 e. The van der Waals surface area contributed by atoms with Crippen LogP contribution in [-0.2, 0) is 0 Å². The molecule has 1 aromatic carbocycles. The van der Waals surface area contributed by atoms with Crippen LogP contribution in [0.15, 0.2) is 18.2 Å². The summed E-state index contributed by atoms with van der Waals surface area (Å²) >= 11 is 0. The molecule has 2 rings (SSSR count). The fourth-order valence-electron chi connectivity index (χ4n) is 2.58. The average Bonchev–Trinajstić information content (AvgIpc) is 2.20. The number of nitrogens with zero attached hydrogens (tertiary/aromatic N) is 1. The third-order valence-electron chi connectivity index (χ3n) is 3.44. The second-order valence-corrected chi connectivity index (χ2v) is 4.77. The summed E-state index contributed by atoms with van der Waals surface area (Å²) in [4.78, 5) is 2.48. The highest BCUT2D eigenvalue weighted by molar-refractivity contribution is 5.71. The van der Waals surface area contributed by atoms with Crippen LogP contribution >= 0.6 is 0 Å². The van der Waals surface area contributed by atoms with Crippen LogP contribution in [0.5, 0.6) is 0 Å². The highest BCUT2D eigenvalue weighted by Gasteiger charge is 2.13. The Labute approximate surface area is 98.4 Å². The fourth-order valence-corrected chi connectivity index (χ4v) is 2.58. The van der Waals surface area contributed by atoms with Gasteiger partial charge < -0.3 is 10.6 Å². The predicted octanol–water partition coefficient (Wildman–Crippen LogP) is 3.35.